The van der Waals surface area contributed by atoms with Crippen LogP contribution in [0.5, 0.6) is 0 Å². The fraction of sp³-hybridized carbons (Fsp3) is 0.500. The second-order valence-corrected chi connectivity index (χ2v) is 7.08. The molecular weight excluding hydrogens is 303 g/mol. The van der Waals surface area contributed by atoms with Crippen molar-refractivity contribution in [1.29, 1.82) is 0 Å². The maximum atomic E-state index is 14.0. The maximum absolute atomic E-state index is 14.0. The van der Waals surface area contributed by atoms with Crippen LogP contribution < -0.4 is 5.32 Å². The number of nitrogens with one attached hydrogen (secondary N) is 1. The van der Waals surface area contributed by atoms with Crippen molar-refractivity contribution in [1.82, 2.24) is 10.2 Å². The lowest BCUT2D eigenvalue weighted by Crippen LogP contribution is -2.36. The molecular formula is C16H21FN2O2S. The molecule has 22 heavy (non-hydrogen) atoms. The highest BCUT2D eigenvalue weighted by Crippen LogP contribution is 2.43. The van der Waals surface area contributed by atoms with E-state index in [1.165, 1.54) is 17.8 Å². The Kier molecular flexibility index (Phi) is 5.45. The normalized spacial score (nSPS) is 21.5. The molecule has 1 heterocycles. The van der Waals surface area contributed by atoms with Crippen molar-refractivity contribution in [3.05, 3.63) is 35.6 Å². The summed E-state index contributed by atoms with van der Waals surface area (Å²) < 4.78 is 14.0. The van der Waals surface area contributed by atoms with E-state index < -0.39 is 0 Å². The van der Waals surface area contributed by atoms with Gasteiger partial charge in [-0.3, -0.25) is 9.59 Å². The highest BCUT2D eigenvalue weighted by Gasteiger charge is 2.39. The summed E-state index contributed by atoms with van der Waals surface area (Å²) in [5.74, 6) is -0.464. The van der Waals surface area contributed by atoms with Crippen LogP contribution in [0, 0.1) is 5.82 Å². The molecule has 2 amide bonds. The Labute approximate surface area is 134 Å². The van der Waals surface area contributed by atoms with Crippen LogP contribution in [0.4, 0.5) is 4.39 Å². The zero-order valence-corrected chi connectivity index (χ0v) is 13.8. The van der Waals surface area contributed by atoms with Crippen LogP contribution in [0.3, 0.4) is 0 Å². The molecule has 0 radical (unpaired) electrons. The Bertz CT molecular complexity index is 565. The third-order valence-electron chi connectivity index (χ3n) is 3.45. The van der Waals surface area contributed by atoms with E-state index in [0.29, 0.717) is 12.1 Å². The van der Waals surface area contributed by atoms with Crippen LogP contribution in [0.2, 0.25) is 0 Å². The van der Waals surface area contributed by atoms with E-state index in [-0.39, 0.29) is 40.7 Å². The van der Waals surface area contributed by atoms with Crippen LogP contribution in [-0.4, -0.2) is 34.6 Å². The van der Waals surface area contributed by atoms with Crippen molar-refractivity contribution in [3.63, 3.8) is 0 Å². The highest BCUT2D eigenvalue weighted by molar-refractivity contribution is 8.01. The van der Waals surface area contributed by atoms with Crippen LogP contribution in [0.1, 0.15) is 38.1 Å². The summed E-state index contributed by atoms with van der Waals surface area (Å²) in [6, 6.07) is 6.55. The topological polar surface area (TPSA) is 49.4 Å². The van der Waals surface area contributed by atoms with Gasteiger partial charge in [-0.2, -0.15) is 0 Å². The first kappa shape index (κ1) is 16.8. The summed E-state index contributed by atoms with van der Waals surface area (Å²) in [6.07, 6.45) is 0.224. The number of thioether (sulfide) groups is 1. The third-order valence-corrected chi connectivity index (χ3v) is 4.82. The van der Waals surface area contributed by atoms with E-state index in [1.54, 1.807) is 23.1 Å². The summed E-state index contributed by atoms with van der Waals surface area (Å²) >= 11 is 1.42. The largest absolute Gasteiger partial charge is 0.354 e. The van der Waals surface area contributed by atoms with Gasteiger partial charge in [-0.1, -0.05) is 18.2 Å². The third kappa shape index (κ3) is 3.80. The molecule has 1 saturated heterocycles. The fourth-order valence-corrected chi connectivity index (χ4v) is 3.77. The van der Waals surface area contributed by atoms with E-state index in [4.69, 9.17) is 0 Å². The van der Waals surface area contributed by atoms with Crippen molar-refractivity contribution in [2.45, 2.75) is 43.9 Å². The van der Waals surface area contributed by atoms with Crippen molar-refractivity contribution >= 4 is 23.6 Å². The van der Waals surface area contributed by atoms with Gasteiger partial charge in [-0.05, 0) is 26.8 Å². The molecule has 0 aliphatic carbocycles. The number of hydrogen-bond donors (Lipinski definition) is 1. The molecule has 1 aromatic carbocycles. The zero-order chi connectivity index (χ0) is 16.3. The summed E-state index contributed by atoms with van der Waals surface area (Å²) in [6.45, 7) is 5.89. The first-order valence-corrected chi connectivity index (χ1v) is 8.34. The van der Waals surface area contributed by atoms with Gasteiger partial charge in [-0.15, -0.1) is 11.8 Å². The number of carbonyl (C=O) groups excluding carboxylic acids is 2. The molecule has 120 valence electrons. The summed E-state index contributed by atoms with van der Waals surface area (Å²) in [5.41, 5.74) is 0.495. The summed E-state index contributed by atoms with van der Waals surface area (Å²) in [4.78, 5) is 25.7. The second kappa shape index (κ2) is 7.13. The van der Waals surface area contributed by atoms with E-state index in [9.17, 15) is 14.0 Å². The van der Waals surface area contributed by atoms with E-state index in [2.05, 4.69) is 5.32 Å². The van der Waals surface area contributed by atoms with Crippen LogP contribution in [-0.2, 0) is 9.59 Å². The molecule has 2 rings (SSSR count). The number of nitrogens with zero attached hydrogens (tertiary/aromatic N) is 1. The second-order valence-electron chi connectivity index (χ2n) is 5.66. The van der Waals surface area contributed by atoms with Crippen LogP contribution in [0.25, 0.3) is 0 Å². The predicted octanol–water partition coefficient (Wildman–Crippen LogP) is 2.70. The Hall–Kier alpha value is -1.56. The van der Waals surface area contributed by atoms with Crippen molar-refractivity contribution < 1.29 is 14.0 Å². The summed E-state index contributed by atoms with van der Waals surface area (Å²) in [7, 11) is 0. The Morgan fingerprint density at radius 3 is 2.73 bits per heavy atom. The lowest BCUT2D eigenvalue weighted by Gasteiger charge is -2.24. The van der Waals surface area contributed by atoms with Gasteiger partial charge in [0, 0.05) is 24.6 Å². The molecule has 2 atom stereocenters. The van der Waals surface area contributed by atoms with Crippen molar-refractivity contribution in [3.8, 4) is 0 Å². The van der Waals surface area contributed by atoms with Gasteiger partial charge >= 0.3 is 0 Å². The molecule has 1 N–H and O–H groups in total. The number of benzene rings is 1. The molecule has 1 aliphatic rings. The molecule has 1 aliphatic heterocycles. The van der Waals surface area contributed by atoms with Gasteiger partial charge < -0.3 is 10.2 Å². The SMILES string of the molecule is CC(C)NC(=O)CCN1C(=O)C(C)SC1c1ccccc1F. The van der Waals surface area contributed by atoms with Crippen molar-refractivity contribution in [2.75, 3.05) is 6.54 Å². The molecule has 0 saturated carbocycles. The molecule has 1 aromatic rings. The quantitative estimate of drug-likeness (QED) is 0.906. The molecule has 1 fully saturated rings. The first-order valence-electron chi connectivity index (χ1n) is 7.40. The molecule has 0 aromatic heterocycles. The number of amides is 2. The average molecular weight is 324 g/mol. The van der Waals surface area contributed by atoms with E-state index in [1.807, 2.05) is 20.8 Å². The molecule has 0 spiro atoms. The standard InChI is InChI=1S/C16H21FN2O2S/c1-10(2)18-14(20)8-9-19-15(21)11(3)22-16(19)12-6-4-5-7-13(12)17/h4-7,10-11,16H,8-9H2,1-3H3,(H,18,20). The number of rotatable bonds is 5. The smallest absolute Gasteiger partial charge is 0.236 e. The van der Waals surface area contributed by atoms with Crippen LogP contribution >= 0.6 is 11.8 Å². The predicted molar refractivity (Wildman–Crippen MR) is 85.8 cm³/mol. The zero-order valence-electron chi connectivity index (χ0n) is 13.0. The van der Waals surface area contributed by atoms with Gasteiger partial charge in [0.2, 0.25) is 11.8 Å². The Morgan fingerprint density at radius 2 is 2.09 bits per heavy atom. The van der Waals surface area contributed by atoms with Gasteiger partial charge in [-0.25, -0.2) is 4.39 Å². The number of hydrogen-bond acceptors (Lipinski definition) is 3. The van der Waals surface area contributed by atoms with E-state index in [0.717, 1.165) is 0 Å². The lowest BCUT2D eigenvalue weighted by atomic mass is 10.2. The van der Waals surface area contributed by atoms with Crippen LogP contribution in [0.15, 0.2) is 24.3 Å². The van der Waals surface area contributed by atoms with E-state index >= 15 is 0 Å². The number of carbonyl (C=O) groups is 2. The highest BCUT2D eigenvalue weighted by atomic mass is 32.2. The first-order chi connectivity index (χ1) is 10.4. The monoisotopic (exact) mass is 324 g/mol. The minimum Gasteiger partial charge on any atom is -0.354 e. The Morgan fingerprint density at radius 1 is 1.41 bits per heavy atom. The van der Waals surface area contributed by atoms with Gasteiger partial charge in [0.05, 0.1) is 5.25 Å². The van der Waals surface area contributed by atoms with Gasteiger partial charge in [0.25, 0.3) is 0 Å². The lowest BCUT2D eigenvalue weighted by molar-refractivity contribution is -0.130. The Balaban J connectivity index is 2.11. The fourth-order valence-electron chi connectivity index (χ4n) is 2.43. The van der Waals surface area contributed by atoms with Crippen molar-refractivity contribution in [2.24, 2.45) is 0 Å². The van der Waals surface area contributed by atoms with Gasteiger partial charge in [0.1, 0.15) is 11.2 Å². The molecule has 4 nitrogen and oxygen atoms in total. The number of halogens is 1. The average Bonchev–Trinajstić information content (AvgIpc) is 2.72. The maximum Gasteiger partial charge on any atom is 0.236 e. The molecule has 6 heteroatoms. The molecule has 2 unspecified atom stereocenters. The molecule has 0 bridgehead atoms. The minimum absolute atomic E-state index is 0.0457. The van der Waals surface area contributed by atoms with Gasteiger partial charge in [0.15, 0.2) is 0 Å². The minimum atomic E-state index is -0.365. The summed E-state index contributed by atoms with van der Waals surface area (Å²) in [5, 5.41) is 2.21.